The van der Waals surface area contributed by atoms with E-state index in [0.717, 1.165) is 35.0 Å². The quantitative estimate of drug-likeness (QED) is 0.847. The van der Waals surface area contributed by atoms with Gasteiger partial charge in [0.15, 0.2) is 6.61 Å². The normalized spacial score (nSPS) is 14.2. The third-order valence-electron chi connectivity index (χ3n) is 3.82. The van der Waals surface area contributed by atoms with Crippen molar-refractivity contribution >= 4 is 22.8 Å². The number of hydrogen-bond acceptors (Lipinski definition) is 3. The van der Waals surface area contributed by atoms with Gasteiger partial charge in [-0.15, -0.1) is 0 Å². The molecule has 21 heavy (non-hydrogen) atoms. The topological polar surface area (TPSA) is 71.2 Å². The lowest BCUT2D eigenvalue weighted by Gasteiger charge is -2.05. The van der Waals surface area contributed by atoms with Gasteiger partial charge in [-0.05, 0) is 50.5 Å². The molecule has 0 unspecified atom stereocenters. The van der Waals surface area contributed by atoms with E-state index in [0.29, 0.717) is 5.56 Å². The Morgan fingerprint density at radius 2 is 2.10 bits per heavy atom. The number of ether oxygens (including phenoxy) is 1. The van der Waals surface area contributed by atoms with E-state index in [1.165, 1.54) is 0 Å². The summed E-state index contributed by atoms with van der Waals surface area (Å²) < 4.78 is 5.05. The first-order chi connectivity index (χ1) is 10.0. The van der Waals surface area contributed by atoms with Crippen LogP contribution in [0.15, 0.2) is 18.2 Å². The summed E-state index contributed by atoms with van der Waals surface area (Å²) in [6.45, 7) is 3.78. The molecule has 1 aromatic heterocycles. The maximum absolute atomic E-state index is 12.0. The van der Waals surface area contributed by atoms with Gasteiger partial charge in [0.1, 0.15) is 0 Å². The monoisotopic (exact) mass is 286 g/mol. The lowest BCUT2D eigenvalue weighted by molar-refractivity contribution is -0.124. The molecule has 0 spiro atoms. The standard InChI is InChI=1S/C16H18N2O3/c1-9-10(2)17-14-6-3-11(7-13(9)14)16(20)21-8-15(19)18-12-4-5-12/h3,6-7,12,17H,4-5,8H2,1-2H3,(H,18,19). The van der Waals surface area contributed by atoms with Gasteiger partial charge in [-0.3, -0.25) is 4.79 Å². The van der Waals surface area contributed by atoms with Gasteiger partial charge in [0.05, 0.1) is 5.56 Å². The van der Waals surface area contributed by atoms with Crippen LogP contribution < -0.4 is 5.32 Å². The predicted molar refractivity (Wildman–Crippen MR) is 79.2 cm³/mol. The molecule has 3 rings (SSSR count). The lowest BCUT2D eigenvalue weighted by atomic mass is 10.1. The minimum absolute atomic E-state index is 0.224. The van der Waals surface area contributed by atoms with Gasteiger partial charge in [-0.2, -0.15) is 0 Å². The lowest BCUT2D eigenvalue weighted by Crippen LogP contribution is -2.30. The molecule has 5 heteroatoms. The van der Waals surface area contributed by atoms with Gasteiger partial charge in [-0.25, -0.2) is 4.79 Å². The van der Waals surface area contributed by atoms with Crippen LogP contribution in [0, 0.1) is 13.8 Å². The van der Waals surface area contributed by atoms with Crippen LogP contribution >= 0.6 is 0 Å². The molecule has 2 N–H and O–H groups in total. The summed E-state index contributed by atoms with van der Waals surface area (Å²) in [6.07, 6.45) is 2.03. The van der Waals surface area contributed by atoms with E-state index < -0.39 is 5.97 Å². The van der Waals surface area contributed by atoms with Gasteiger partial charge in [0.25, 0.3) is 5.91 Å². The summed E-state index contributed by atoms with van der Waals surface area (Å²) in [7, 11) is 0. The Morgan fingerprint density at radius 3 is 2.81 bits per heavy atom. The van der Waals surface area contributed by atoms with Crippen LogP contribution in [0.25, 0.3) is 10.9 Å². The van der Waals surface area contributed by atoms with E-state index >= 15 is 0 Å². The van der Waals surface area contributed by atoms with Crippen molar-refractivity contribution in [1.82, 2.24) is 10.3 Å². The first kappa shape index (κ1) is 13.7. The number of benzene rings is 1. The number of carbonyl (C=O) groups is 2. The molecule has 1 fully saturated rings. The molecular weight excluding hydrogens is 268 g/mol. The van der Waals surface area contributed by atoms with Crippen LogP contribution in [0.3, 0.4) is 0 Å². The number of rotatable bonds is 4. The molecule has 5 nitrogen and oxygen atoms in total. The average molecular weight is 286 g/mol. The van der Waals surface area contributed by atoms with Gasteiger partial charge in [0.2, 0.25) is 0 Å². The Labute approximate surface area is 122 Å². The van der Waals surface area contributed by atoms with Crippen LogP contribution in [-0.4, -0.2) is 29.5 Å². The summed E-state index contributed by atoms with van der Waals surface area (Å²) in [5, 5.41) is 3.79. The zero-order valence-electron chi connectivity index (χ0n) is 12.2. The van der Waals surface area contributed by atoms with E-state index in [9.17, 15) is 9.59 Å². The number of aromatic amines is 1. The van der Waals surface area contributed by atoms with Crippen molar-refractivity contribution in [3.8, 4) is 0 Å². The van der Waals surface area contributed by atoms with E-state index in [2.05, 4.69) is 10.3 Å². The molecular formula is C16H18N2O3. The van der Waals surface area contributed by atoms with Crippen molar-refractivity contribution in [2.45, 2.75) is 32.7 Å². The molecule has 1 saturated carbocycles. The van der Waals surface area contributed by atoms with Crippen LogP contribution in [-0.2, 0) is 9.53 Å². The second kappa shape index (κ2) is 5.24. The van der Waals surface area contributed by atoms with Crippen molar-refractivity contribution in [2.24, 2.45) is 0 Å². The summed E-state index contributed by atoms with van der Waals surface area (Å²) >= 11 is 0. The fraction of sp³-hybridized carbons (Fsp3) is 0.375. The van der Waals surface area contributed by atoms with E-state index in [1.54, 1.807) is 12.1 Å². The number of aromatic nitrogens is 1. The SMILES string of the molecule is Cc1[nH]c2ccc(C(=O)OCC(=O)NC3CC3)cc2c1C. The van der Waals surface area contributed by atoms with Crippen molar-refractivity contribution in [2.75, 3.05) is 6.61 Å². The maximum atomic E-state index is 12.0. The smallest absolute Gasteiger partial charge is 0.338 e. The van der Waals surface area contributed by atoms with Crippen LogP contribution in [0.5, 0.6) is 0 Å². The van der Waals surface area contributed by atoms with Crippen molar-refractivity contribution in [3.63, 3.8) is 0 Å². The Bertz CT molecular complexity index is 714. The van der Waals surface area contributed by atoms with Crippen LogP contribution in [0.1, 0.15) is 34.5 Å². The number of aryl methyl sites for hydroxylation is 2. The van der Waals surface area contributed by atoms with Crippen molar-refractivity contribution < 1.29 is 14.3 Å². The fourth-order valence-electron chi connectivity index (χ4n) is 2.30. The minimum Gasteiger partial charge on any atom is -0.452 e. The number of fused-ring (bicyclic) bond motifs is 1. The van der Waals surface area contributed by atoms with Gasteiger partial charge < -0.3 is 15.0 Å². The third kappa shape index (κ3) is 2.91. The van der Waals surface area contributed by atoms with Gasteiger partial charge in [0, 0.05) is 22.6 Å². The summed E-state index contributed by atoms with van der Waals surface area (Å²) in [5.74, 6) is -0.707. The number of esters is 1. The maximum Gasteiger partial charge on any atom is 0.338 e. The first-order valence-electron chi connectivity index (χ1n) is 7.10. The van der Waals surface area contributed by atoms with Crippen LogP contribution in [0.4, 0.5) is 0 Å². The second-order valence-corrected chi connectivity index (χ2v) is 5.55. The zero-order chi connectivity index (χ0) is 15.0. The van der Waals surface area contributed by atoms with Crippen molar-refractivity contribution in [1.29, 1.82) is 0 Å². The number of nitrogens with one attached hydrogen (secondary N) is 2. The predicted octanol–water partition coefficient (Wildman–Crippen LogP) is 2.22. The highest BCUT2D eigenvalue weighted by molar-refractivity contribution is 5.96. The largest absolute Gasteiger partial charge is 0.452 e. The molecule has 2 aromatic rings. The molecule has 110 valence electrons. The summed E-state index contributed by atoms with van der Waals surface area (Å²) in [5.41, 5.74) is 3.65. The zero-order valence-corrected chi connectivity index (χ0v) is 12.2. The Morgan fingerprint density at radius 1 is 1.33 bits per heavy atom. The van der Waals surface area contributed by atoms with E-state index in [-0.39, 0.29) is 18.6 Å². The molecule has 1 aliphatic carbocycles. The third-order valence-corrected chi connectivity index (χ3v) is 3.82. The highest BCUT2D eigenvalue weighted by Gasteiger charge is 2.23. The number of amides is 1. The summed E-state index contributed by atoms with van der Waals surface area (Å²) in [4.78, 5) is 26.8. The van der Waals surface area contributed by atoms with E-state index in [4.69, 9.17) is 4.74 Å². The molecule has 0 bridgehead atoms. The molecule has 0 aliphatic heterocycles. The molecule has 0 saturated heterocycles. The molecule has 0 radical (unpaired) electrons. The Balaban J connectivity index is 1.68. The number of hydrogen-bond donors (Lipinski definition) is 2. The first-order valence-corrected chi connectivity index (χ1v) is 7.10. The van der Waals surface area contributed by atoms with E-state index in [1.807, 2.05) is 19.9 Å². The van der Waals surface area contributed by atoms with Gasteiger partial charge >= 0.3 is 5.97 Å². The number of H-pyrrole nitrogens is 1. The Kier molecular flexibility index (Phi) is 3.41. The highest BCUT2D eigenvalue weighted by Crippen LogP contribution is 2.22. The molecule has 1 aliphatic rings. The summed E-state index contributed by atoms with van der Waals surface area (Å²) in [6, 6.07) is 5.64. The van der Waals surface area contributed by atoms with Crippen molar-refractivity contribution in [3.05, 3.63) is 35.0 Å². The fourth-order valence-corrected chi connectivity index (χ4v) is 2.30. The highest BCUT2D eigenvalue weighted by atomic mass is 16.5. The molecule has 1 amide bonds. The Hall–Kier alpha value is -2.30. The molecule has 1 heterocycles. The second-order valence-electron chi connectivity index (χ2n) is 5.55. The number of carbonyl (C=O) groups excluding carboxylic acids is 2. The minimum atomic E-state index is -0.471. The van der Waals surface area contributed by atoms with Crippen LogP contribution in [0.2, 0.25) is 0 Å². The van der Waals surface area contributed by atoms with Gasteiger partial charge in [-0.1, -0.05) is 0 Å². The average Bonchev–Trinajstić information content (AvgIpc) is 3.23. The molecule has 0 atom stereocenters. The molecule has 1 aromatic carbocycles.